The predicted octanol–water partition coefficient (Wildman–Crippen LogP) is 5.13. The van der Waals surface area contributed by atoms with E-state index < -0.39 is 0 Å². The van der Waals surface area contributed by atoms with Crippen LogP contribution in [0.25, 0.3) is 22.5 Å². The number of ether oxygens (including phenoxy) is 1. The molecular formula is C17H12Cl2N2O. The highest BCUT2D eigenvalue weighted by molar-refractivity contribution is 6.30. The van der Waals surface area contributed by atoms with E-state index in [-0.39, 0.29) is 5.28 Å². The summed E-state index contributed by atoms with van der Waals surface area (Å²) in [4.78, 5) is 8.57. The van der Waals surface area contributed by atoms with E-state index in [2.05, 4.69) is 9.97 Å². The Labute approximate surface area is 138 Å². The minimum Gasteiger partial charge on any atom is -0.497 e. The van der Waals surface area contributed by atoms with E-state index in [0.29, 0.717) is 5.02 Å². The Balaban J connectivity index is 2.03. The van der Waals surface area contributed by atoms with Crippen molar-refractivity contribution in [2.45, 2.75) is 0 Å². The van der Waals surface area contributed by atoms with E-state index in [1.54, 1.807) is 7.11 Å². The van der Waals surface area contributed by atoms with Gasteiger partial charge in [0.2, 0.25) is 5.28 Å². The first-order valence-electron chi connectivity index (χ1n) is 6.60. The molecule has 0 atom stereocenters. The van der Waals surface area contributed by atoms with Crippen molar-refractivity contribution in [1.29, 1.82) is 0 Å². The van der Waals surface area contributed by atoms with Gasteiger partial charge < -0.3 is 4.74 Å². The summed E-state index contributed by atoms with van der Waals surface area (Å²) in [6, 6.07) is 17.0. The lowest BCUT2D eigenvalue weighted by Crippen LogP contribution is -1.92. The molecule has 22 heavy (non-hydrogen) atoms. The molecule has 0 aliphatic carbocycles. The SMILES string of the molecule is COc1ccc(-c2cc(-c3ccc(Cl)cc3)nc(Cl)n2)cc1. The highest BCUT2D eigenvalue weighted by Gasteiger charge is 2.08. The maximum absolute atomic E-state index is 6.07. The van der Waals surface area contributed by atoms with Gasteiger partial charge in [-0.15, -0.1) is 0 Å². The maximum Gasteiger partial charge on any atom is 0.223 e. The van der Waals surface area contributed by atoms with E-state index in [4.69, 9.17) is 27.9 Å². The zero-order valence-electron chi connectivity index (χ0n) is 11.8. The van der Waals surface area contributed by atoms with Crippen LogP contribution in [0.15, 0.2) is 54.6 Å². The van der Waals surface area contributed by atoms with Crippen molar-refractivity contribution in [3.8, 4) is 28.3 Å². The first kappa shape index (κ1) is 14.8. The van der Waals surface area contributed by atoms with Gasteiger partial charge in [0.1, 0.15) is 5.75 Å². The van der Waals surface area contributed by atoms with Crippen LogP contribution >= 0.6 is 23.2 Å². The lowest BCUT2D eigenvalue weighted by atomic mass is 10.1. The fourth-order valence-electron chi connectivity index (χ4n) is 2.10. The molecule has 3 rings (SSSR count). The third kappa shape index (κ3) is 3.21. The molecule has 5 heteroatoms. The van der Waals surface area contributed by atoms with Crippen LogP contribution in [-0.4, -0.2) is 17.1 Å². The number of aromatic nitrogens is 2. The van der Waals surface area contributed by atoms with Crippen molar-refractivity contribution in [3.63, 3.8) is 0 Å². The molecule has 0 saturated carbocycles. The van der Waals surface area contributed by atoms with Crippen LogP contribution in [-0.2, 0) is 0 Å². The Morgan fingerprint density at radius 1 is 0.773 bits per heavy atom. The van der Waals surface area contributed by atoms with Crippen molar-refractivity contribution in [2.24, 2.45) is 0 Å². The molecule has 0 spiro atoms. The normalized spacial score (nSPS) is 10.5. The predicted molar refractivity (Wildman–Crippen MR) is 89.5 cm³/mol. The monoisotopic (exact) mass is 330 g/mol. The molecule has 3 aromatic rings. The number of hydrogen-bond acceptors (Lipinski definition) is 3. The number of benzene rings is 2. The number of hydrogen-bond donors (Lipinski definition) is 0. The molecule has 2 aromatic carbocycles. The number of nitrogens with zero attached hydrogens (tertiary/aromatic N) is 2. The molecule has 0 aliphatic heterocycles. The number of halogens is 2. The molecule has 0 saturated heterocycles. The summed E-state index contributed by atoms with van der Waals surface area (Å²) in [5, 5.41) is 0.887. The van der Waals surface area contributed by atoms with E-state index in [1.165, 1.54) is 0 Å². The number of rotatable bonds is 3. The fraction of sp³-hybridized carbons (Fsp3) is 0.0588. The Morgan fingerprint density at radius 2 is 1.27 bits per heavy atom. The van der Waals surface area contributed by atoms with Gasteiger partial charge in [0, 0.05) is 16.1 Å². The van der Waals surface area contributed by atoms with E-state index in [0.717, 1.165) is 28.3 Å². The fourth-order valence-corrected chi connectivity index (χ4v) is 2.40. The second-order valence-corrected chi connectivity index (χ2v) is 5.42. The van der Waals surface area contributed by atoms with Gasteiger partial charge in [0.15, 0.2) is 0 Å². The van der Waals surface area contributed by atoms with Crippen LogP contribution in [0.5, 0.6) is 5.75 Å². The summed E-state index contributed by atoms with van der Waals surface area (Å²) in [5.74, 6) is 0.793. The van der Waals surface area contributed by atoms with E-state index >= 15 is 0 Å². The highest BCUT2D eigenvalue weighted by Crippen LogP contribution is 2.27. The minimum absolute atomic E-state index is 0.207. The Kier molecular flexibility index (Phi) is 4.27. The van der Waals surface area contributed by atoms with Crippen LogP contribution in [0, 0.1) is 0 Å². The quantitative estimate of drug-likeness (QED) is 0.624. The van der Waals surface area contributed by atoms with Gasteiger partial charge in [-0.25, -0.2) is 9.97 Å². The zero-order chi connectivity index (χ0) is 15.5. The standard InChI is InChI=1S/C17H12Cl2N2O/c1-22-14-8-4-12(5-9-14)16-10-15(20-17(19)21-16)11-2-6-13(18)7-3-11/h2-10H,1H3. The average molecular weight is 331 g/mol. The summed E-state index contributed by atoms with van der Waals surface area (Å²) < 4.78 is 5.16. The van der Waals surface area contributed by atoms with Crippen molar-refractivity contribution < 1.29 is 4.74 Å². The second-order valence-electron chi connectivity index (χ2n) is 4.64. The lowest BCUT2D eigenvalue weighted by Gasteiger charge is -2.07. The van der Waals surface area contributed by atoms with E-state index in [1.807, 2.05) is 54.6 Å². The largest absolute Gasteiger partial charge is 0.497 e. The molecule has 0 amide bonds. The van der Waals surface area contributed by atoms with Crippen LogP contribution in [0.4, 0.5) is 0 Å². The Bertz CT molecular complexity index is 787. The van der Waals surface area contributed by atoms with Crippen LogP contribution < -0.4 is 4.74 Å². The summed E-state index contributed by atoms with van der Waals surface area (Å²) in [7, 11) is 1.63. The molecule has 3 nitrogen and oxygen atoms in total. The average Bonchev–Trinajstić information content (AvgIpc) is 2.55. The van der Waals surface area contributed by atoms with Gasteiger partial charge >= 0.3 is 0 Å². The molecule has 0 fully saturated rings. The molecule has 1 heterocycles. The smallest absolute Gasteiger partial charge is 0.223 e. The summed E-state index contributed by atoms with van der Waals surface area (Å²) in [5.41, 5.74) is 3.39. The zero-order valence-corrected chi connectivity index (χ0v) is 13.3. The third-order valence-electron chi connectivity index (χ3n) is 3.22. The van der Waals surface area contributed by atoms with Crippen LogP contribution in [0.2, 0.25) is 10.3 Å². The molecule has 110 valence electrons. The number of methoxy groups -OCH3 is 1. The highest BCUT2D eigenvalue weighted by atomic mass is 35.5. The van der Waals surface area contributed by atoms with Gasteiger partial charge in [0.25, 0.3) is 0 Å². The second kappa shape index (κ2) is 6.34. The van der Waals surface area contributed by atoms with E-state index in [9.17, 15) is 0 Å². The summed E-state index contributed by atoms with van der Waals surface area (Å²) in [6.45, 7) is 0. The third-order valence-corrected chi connectivity index (χ3v) is 3.65. The molecule has 0 N–H and O–H groups in total. The lowest BCUT2D eigenvalue weighted by molar-refractivity contribution is 0.415. The van der Waals surface area contributed by atoms with Crippen molar-refractivity contribution in [2.75, 3.05) is 7.11 Å². The summed E-state index contributed by atoms with van der Waals surface area (Å²) in [6.07, 6.45) is 0. The molecular weight excluding hydrogens is 319 g/mol. The van der Waals surface area contributed by atoms with Gasteiger partial charge in [-0.05, 0) is 54.1 Å². The minimum atomic E-state index is 0.207. The molecule has 0 bridgehead atoms. The van der Waals surface area contributed by atoms with Gasteiger partial charge in [0.05, 0.1) is 18.5 Å². The molecule has 0 radical (unpaired) electrons. The summed E-state index contributed by atoms with van der Waals surface area (Å²) >= 11 is 12.0. The first-order chi connectivity index (χ1) is 10.7. The van der Waals surface area contributed by atoms with Gasteiger partial charge in [-0.3, -0.25) is 0 Å². The van der Waals surface area contributed by atoms with Gasteiger partial charge in [-0.1, -0.05) is 23.7 Å². The van der Waals surface area contributed by atoms with Crippen molar-refractivity contribution in [1.82, 2.24) is 9.97 Å². The first-order valence-corrected chi connectivity index (χ1v) is 7.36. The molecule has 1 aromatic heterocycles. The Hall–Kier alpha value is -2.10. The molecule has 0 unspecified atom stereocenters. The van der Waals surface area contributed by atoms with Crippen molar-refractivity contribution >= 4 is 23.2 Å². The topological polar surface area (TPSA) is 35.0 Å². The van der Waals surface area contributed by atoms with Gasteiger partial charge in [-0.2, -0.15) is 0 Å². The molecule has 0 aliphatic rings. The van der Waals surface area contributed by atoms with Crippen molar-refractivity contribution in [3.05, 3.63) is 64.9 Å². The van der Waals surface area contributed by atoms with Crippen LogP contribution in [0.1, 0.15) is 0 Å². The Morgan fingerprint density at radius 3 is 1.77 bits per heavy atom. The van der Waals surface area contributed by atoms with Crippen LogP contribution in [0.3, 0.4) is 0 Å². The maximum atomic E-state index is 6.07.